The van der Waals surface area contributed by atoms with E-state index in [1.54, 1.807) is 6.92 Å². The first-order valence-corrected chi connectivity index (χ1v) is 4.53. The van der Waals surface area contributed by atoms with Gasteiger partial charge in [0.05, 0.1) is 6.10 Å². The first-order valence-electron chi connectivity index (χ1n) is 4.53. The Labute approximate surface area is 83.6 Å². The van der Waals surface area contributed by atoms with Crippen LogP contribution in [0.15, 0.2) is 12.2 Å². The molecule has 0 spiro atoms. The zero-order valence-electron chi connectivity index (χ0n) is 8.69. The van der Waals surface area contributed by atoms with E-state index in [0.29, 0.717) is 5.92 Å². The van der Waals surface area contributed by atoms with Crippen LogP contribution in [0.3, 0.4) is 0 Å². The number of carboxylic acids is 1. The number of ether oxygens (including phenoxy) is 1. The van der Waals surface area contributed by atoms with Crippen LogP contribution in [0, 0.1) is 5.92 Å². The Kier molecular flexibility index (Phi) is 5.60. The maximum absolute atomic E-state index is 11.0. The lowest BCUT2D eigenvalue weighted by Gasteiger charge is -2.13. The summed E-state index contributed by atoms with van der Waals surface area (Å²) in [5.74, 6) is -1.32. The first-order chi connectivity index (χ1) is 6.41. The lowest BCUT2D eigenvalue weighted by molar-refractivity contribution is -0.143. The van der Waals surface area contributed by atoms with E-state index in [1.807, 2.05) is 13.8 Å². The molecule has 0 aromatic carbocycles. The zero-order valence-corrected chi connectivity index (χ0v) is 8.69. The van der Waals surface area contributed by atoms with Crippen LogP contribution in [0.25, 0.3) is 0 Å². The molecule has 0 saturated carbocycles. The highest BCUT2D eigenvalue weighted by Crippen LogP contribution is 2.07. The molecule has 0 aliphatic heterocycles. The van der Waals surface area contributed by atoms with Gasteiger partial charge in [-0.05, 0) is 19.3 Å². The summed E-state index contributed by atoms with van der Waals surface area (Å²) in [4.78, 5) is 21.0. The van der Waals surface area contributed by atoms with Crippen LogP contribution in [0.5, 0.6) is 0 Å². The number of carbonyl (C=O) groups excluding carboxylic acids is 1. The highest BCUT2D eigenvalue weighted by atomic mass is 16.5. The summed E-state index contributed by atoms with van der Waals surface area (Å²) in [5, 5.41) is 8.25. The van der Waals surface area contributed by atoms with Gasteiger partial charge in [0.2, 0.25) is 0 Å². The van der Waals surface area contributed by atoms with E-state index in [2.05, 4.69) is 0 Å². The molecular formula is C10H16O4. The number of carboxylic acid groups (broad SMARTS) is 1. The molecular weight excluding hydrogens is 184 g/mol. The highest BCUT2D eigenvalue weighted by molar-refractivity contribution is 5.90. The molecule has 0 radical (unpaired) electrons. The van der Waals surface area contributed by atoms with E-state index in [-0.39, 0.29) is 6.10 Å². The summed E-state index contributed by atoms with van der Waals surface area (Å²) in [5.41, 5.74) is 0. The summed E-state index contributed by atoms with van der Waals surface area (Å²) in [6.45, 7) is 5.83. The molecule has 1 unspecified atom stereocenters. The van der Waals surface area contributed by atoms with Gasteiger partial charge in [-0.2, -0.15) is 0 Å². The summed E-state index contributed by atoms with van der Waals surface area (Å²) >= 11 is 0. The molecule has 0 aromatic heterocycles. The van der Waals surface area contributed by atoms with Crippen molar-refractivity contribution in [2.45, 2.75) is 33.3 Å². The number of hydrogen-bond acceptors (Lipinski definition) is 3. The predicted octanol–water partition coefficient (Wildman–Crippen LogP) is 1.60. The summed E-state index contributed by atoms with van der Waals surface area (Å²) in [7, 11) is 0. The van der Waals surface area contributed by atoms with Crippen LogP contribution < -0.4 is 0 Å². The monoisotopic (exact) mass is 200 g/mol. The standard InChI is InChI=1S/C10H16O4/c1-7(2)6-8(3)14-10(13)5-4-9(11)12/h4-5,7-8H,6H2,1-3H3,(H,11,12)/b5-4+. The van der Waals surface area contributed by atoms with Gasteiger partial charge in [-0.15, -0.1) is 0 Å². The van der Waals surface area contributed by atoms with E-state index >= 15 is 0 Å². The minimum atomic E-state index is -1.15. The molecule has 0 aromatic rings. The van der Waals surface area contributed by atoms with Gasteiger partial charge in [0, 0.05) is 12.2 Å². The van der Waals surface area contributed by atoms with Gasteiger partial charge >= 0.3 is 11.9 Å². The first kappa shape index (κ1) is 12.7. The summed E-state index contributed by atoms with van der Waals surface area (Å²) in [6.07, 6.45) is 2.27. The third-order valence-corrected chi connectivity index (χ3v) is 1.48. The molecule has 14 heavy (non-hydrogen) atoms. The Morgan fingerprint density at radius 1 is 1.29 bits per heavy atom. The normalized spacial score (nSPS) is 13.1. The van der Waals surface area contributed by atoms with Crippen molar-refractivity contribution in [3.8, 4) is 0 Å². The molecule has 0 saturated heterocycles. The van der Waals surface area contributed by atoms with Crippen LogP contribution in [0.4, 0.5) is 0 Å². The van der Waals surface area contributed by atoms with Crippen molar-refractivity contribution < 1.29 is 19.4 Å². The van der Waals surface area contributed by atoms with Gasteiger partial charge in [-0.25, -0.2) is 9.59 Å². The van der Waals surface area contributed by atoms with Crippen LogP contribution in [-0.4, -0.2) is 23.1 Å². The van der Waals surface area contributed by atoms with Crippen molar-refractivity contribution in [1.29, 1.82) is 0 Å². The molecule has 0 bridgehead atoms. The molecule has 0 rings (SSSR count). The van der Waals surface area contributed by atoms with Gasteiger partial charge in [0.15, 0.2) is 0 Å². The Bertz CT molecular complexity index is 230. The van der Waals surface area contributed by atoms with Gasteiger partial charge in [-0.1, -0.05) is 13.8 Å². The van der Waals surface area contributed by atoms with Crippen molar-refractivity contribution in [3.05, 3.63) is 12.2 Å². The Balaban J connectivity index is 3.88. The van der Waals surface area contributed by atoms with E-state index in [9.17, 15) is 9.59 Å². The molecule has 0 fully saturated rings. The smallest absolute Gasteiger partial charge is 0.331 e. The van der Waals surface area contributed by atoms with Gasteiger partial charge in [0.1, 0.15) is 0 Å². The topological polar surface area (TPSA) is 63.6 Å². The molecule has 1 atom stereocenters. The molecule has 80 valence electrons. The average Bonchev–Trinajstić information content (AvgIpc) is 1.98. The minimum Gasteiger partial charge on any atom is -0.478 e. The van der Waals surface area contributed by atoms with Crippen LogP contribution >= 0.6 is 0 Å². The van der Waals surface area contributed by atoms with Crippen LogP contribution in [-0.2, 0) is 14.3 Å². The molecule has 0 heterocycles. The lowest BCUT2D eigenvalue weighted by Crippen LogP contribution is -2.15. The molecule has 0 aliphatic carbocycles. The SMILES string of the molecule is CC(C)CC(C)OC(=O)/C=C/C(=O)O. The van der Waals surface area contributed by atoms with E-state index in [4.69, 9.17) is 9.84 Å². The molecule has 0 aliphatic rings. The molecule has 4 nitrogen and oxygen atoms in total. The summed E-state index contributed by atoms with van der Waals surface area (Å²) < 4.78 is 4.92. The highest BCUT2D eigenvalue weighted by Gasteiger charge is 2.08. The van der Waals surface area contributed by atoms with Crippen molar-refractivity contribution in [2.24, 2.45) is 5.92 Å². The number of hydrogen-bond donors (Lipinski definition) is 1. The minimum absolute atomic E-state index is 0.180. The number of esters is 1. The second-order valence-corrected chi connectivity index (χ2v) is 3.55. The van der Waals surface area contributed by atoms with Crippen molar-refractivity contribution >= 4 is 11.9 Å². The third kappa shape index (κ3) is 7.34. The summed E-state index contributed by atoms with van der Waals surface area (Å²) in [6, 6.07) is 0. The number of carbonyl (C=O) groups is 2. The maximum Gasteiger partial charge on any atom is 0.331 e. The van der Waals surface area contributed by atoms with Crippen molar-refractivity contribution in [3.63, 3.8) is 0 Å². The fraction of sp³-hybridized carbons (Fsp3) is 0.600. The second kappa shape index (κ2) is 6.18. The lowest BCUT2D eigenvalue weighted by atomic mass is 10.1. The van der Waals surface area contributed by atoms with Gasteiger partial charge in [-0.3, -0.25) is 0 Å². The van der Waals surface area contributed by atoms with Gasteiger partial charge < -0.3 is 9.84 Å². The van der Waals surface area contributed by atoms with Crippen molar-refractivity contribution in [2.75, 3.05) is 0 Å². The molecule has 4 heteroatoms. The Morgan fingerprint density at radius 2 is 1.86 bits per heavy atom. The third-order valence-electron chi connectivity index (χ3n) is 1.48. The van der Waals surface area contributed by atoms with E-state index in [0.717, 1.165) is 18.6 Å². The van der Waals surface area contributed by atoms with E-state index in [1.165, 1.54) is 0 Å². The average molecular weight is 200 g/mol. The van der Waals surface area contributed by atoms with E-state index < -0.39 is 11.9 Å². The molecule has 0 amide bonds. The Morgan fingerprint density at radius 3 is 2.29 bits per heavy atom. The fourth-order valence-corrected chi connectivity index (χ4v) is 1.09. The maximum atomic E-state index is 11.0. The largest absolute Gasteiger partial charge is 0.478 e. The second-order valence-electron chi connectivity index (χ2n) is 3.55. The quantitative estimate of drug-likeness (QED) is 0.541. The van der Waals surface area contributed by atoms with Crippen molar-refractivity contribution in [1.82, 2.24) is 0 Å². The number of rotatable bonds is 5. The fourth-order valence-electron chi connectivity index (χ4n) is 1.09. The van der Waals surface area contributed by atoms with Crippen LogP contribution in [0.2, 0.25) is 0 Å². The zero-order chi connectivity index (χ0) is 11.1. The van der Waals surface area contributed by atoms with Crippen LogP contribution in [0.1, 0.15) is 27.2 Å². The molecule has 1 N–H and O–H groups in total. The number of aliphatic carboxylic acids is 1. The predicted molar refractivity (Wildman–Crippen MR) is 51.8 cm³/mol. The van der Waals surface area contributed by atoms with Gasteiger partial charge in [0.25, 0.3) is 0 Å². The Hall–Kier alpha value is -1.32.